The van der Waals surface area contributed by atoms with Crippen molar-refractivity contribution < 1.29 is 17.6 Å². The minimum Gasteiger partial charge on any atom is -0.352 e. The van der Waals surface area contributed by atoms with E-state index in [1.165, 1.54) is 43.4 Å². The second-order valence-electron chi connectivity index (χ2n) is 6.61. The molecule has 0 atom stereocenters. The standard InChI is InChI=1S/C22H20ClFN2O3S/c1-26(30(28,29)21-12-6-18(23)7-13-21)20-10-4-17(5-11-20)22(27)25-15-14-16-2-8-19(24)9-3-16/h2-13H,14-15H2,1H3,(H,25,27). The highest BCUT2D eigenvalue weighted by molar-refractivity contribution is 7.92. The zero-order valence-electron chi connectivity index (χ0n) is 16.2. The Bertz CT molecular complexity index is 1120. The second kappa shape index (κ2) is 9.28. The third-order valence-electron chi connectivity index (χ3n) is 4.58. The maximum atomic E-state index is 12.9. The predicted molar refractivity (Wildman–Crippen MR) is 116 cm³/mol. The molecule has 5 nitrogen and oxygen atoms in total. The summed E-state index contributed by atoms with van der Waals surface area (Å²) in [6, 6.07) is 18.3. The summed E-state index contributed by atoms with van der Waals surface area (Å²) in [4.78, 5) is 12.4. The molecular weight excluding hydrogens is 427 g/mol. The van der Waals surface area contributed by atoms with Gasteiger partial charge in [-0.05, 0) is 72.6 Å². The molecule has 0 radical (unpaired) electrons. The van der Waals surface area contributed by atoms with Gasteiger partial charge in [0.25, 0.3) is 15.9 Å². The summed E-state index contributed by atoms with van der Waals surface area (Å²) < 4.78 is 39.5. The van der Waals surface area contributed by atoms with Gasteiger partial charge in [-0.3, -0.25) is 9.10 Å². The van der Waals surface area contributed by atoms with E-state index in [9.17, 15) is 17.6 Å². The van der Waals surface area contributed by atoms with E-state index in [1.807, 2.05) is 0 Å². The Morgan fingerprint density at radius 1 is 0.967 bits per heavy atom. The highest BCUT2D eigenvalue weighted by atomic mass is 35.5. The monoisotopic (exact) mass is 446 g/mol. The smallest absolute Gasteiger partial charge is 0.264 e. The van der Waals surface area contributed by atoms with Crippen LogP contribution in [0.3, 0.4) is 0 Å². The molecule has 0 saturated heterocycles. The Hall–Kier alpha value is -2.90. The van der Waals surface area contributed by atoms with Gasteiger partial charge in [-0.25, -0.2) is 12.8 Å². The van der Waals surface area contributed by atoms with Crippen LogP contribution in [0.5, 0.6) is 0 Å². The second-order valence-corrected chi connectivity index (χ2v) is 9.01. The van der Waals surface area contributed by atoms with Crippen molar-refractivity contribution in [1.29, 1.82) is 0 Å². The first kappa shape index (κ1) is 21.8. The van der Waals surface area contributed by atoms with Gasteiger partial charge in [0.1, 0.15) is 5.82 Å². The maximum absolute atomic E-state index is 12.9. The van der Waals surface area contributed by atoms with Gasteiger partial charge in [-0.2, -0.15) is 0 Å². The van der Waals surface area contributed by atoms with Crippen LogP contribution in [-0.2, 0) is 16.4 Å². The number of hydrogen-bond donors (Lipinski definition) is 1. The van der Waals surface area contributed by atoms with E-state index in [-0.39, 0.29) is 16.6 Å². The van der Waals surface area contributed by atoms with E-state index >= 15 is 0 Å². The molecule has 0 aromatic heterocycles. The lowest BCUT2D eigenvalue weighted by molar-refractivity contribution is 0.0954. The first-order chi connectivity index (χ1) is 14.3. The summed E-state index contributed by atoms with van der Waals surface area (Å²) in [6.07, 6.45) is 0.576. The number of amides is 1. The molecule has 3 aromatic carbocycles. The number of nitrogens with one attached hydrogen (secondary N) is 1. The summed E-state index contributed by atoms with van der Waals surface area (Å²) in [5.41, 5.74) is 1.75. The molecule has 0 spiro atoms. The third kappa shape index (κ3) is 5.17. The van der Waals surface area contributed by atoms with Crippen LogP contribution in [0.1, 0.15) is 15.9 Å². The lowest BCUT2D eigenvalue weighted by Gasteiger charge is -2.19. The number of halogens is 2. The summed E-state index contributed by atoms with van der Waals surface area (Å²) in [7, 11) is -2.30. The summed E-state index contributed by atoms with van der Waals surface area (Å²) in [5, 5.41) is 3.25. The Morgan fingerprint density at radius 3 is 2.17 bits per heavy atom. The predicted octanol–water partition coefficient (Wildman–Crippen LogP) is 4.28. The van der Waals surface area contributed by atoms with Crippen molar-refractivity contribution in [3.05, 3.63) is 94.8 Å². The molecule has 0 aliphatic heterocycles. The number of carbonyl (C=O) groups excluding carboxylic acids is 1. The molecule has 1 N–H and O–H groups in total. The van der Waals surface area contributed by atoms with Crippen molar-refractivity contribution in [1.82, 2.24) is 5.32 Å². The Morgan fingerprint density at radius 2 is 1.57 bits per heavy atom. The Kier molecular flexibility index (Phi) is 6.74. The van der Waals surface area contributed by atoms with Gasteiger partial charge in [0, 0.05) is 24.2 Å². The number of hydrogen-bond acceptors (Lipinski definition) is 3. The third-order valence-corrected chi connectivity index (χ3v) is 6.63. The molecule has 0 heterocycles. The zero-order valence-corrected chi connectivity index (χ0v) is 17.8. The van der Waals surface area contributed by atoms with Gasteiger partial charge in [0.05, 0.1) is 10.6 Å². The summed E-state index contributed by atoms with van der Waals surface area (Å²) in [5.74, 6) is -0.571. The van der Waals surface area contributed by atoms with Crippen molar-refractivity contribution in [2.24, 2.45) is 0 Å². The van der Waals surface area contributed by atoms with E-state index in [4.69, 9.17) is 11.6 Å². The molecule has 0 unspecified atom stereocenters. The normalized spacial score (nSPS) is 11.2. The van der Waals surface area contributed by atoms with Gasteiger partial charge < -0.3 is 5.32 Å². The molecule has 0 aliphatic carbocycles. The molecule has 30 heavy (non-hydrogen) atoms. The topological polar surface area (TPSA) is 66.5 Å². The van der Waals surface area contributed by atoms with Gasteiger partial charge >= 0.3 is 0 Å². The van der Waals surface area contributed by atoms with Crippen LogP contribution in [0.15, 0.2) is 77.7 Å². The van der Waals surface area contributed by atoms with Crippen LogP contribution in [0.4, 0.5) is 10.1 Å². The molecule has 3 aromatic rings. The first-order valence-corrected chi connectivity index (χ1v) is 11.0. The van der Waals surface area contributed by atoms with Crippen LogP contribution in [0.25, 0.3) is 0 Å². The van der Waals surface area contributed by atoms with Crippen LogP contribution in [-0.4, -0.2) is 27.9 Å². The van der Waals surface area contributed by atoms with E-state index in [0.717, 1.165) is 9.87 Å². The summed E-state index contributed by atoms with van der Waals surface area (Å²) in [6.45, 7) is 0.400. The quantitative estimate of drug-likeness (QED) is 0.589. The number of carbonyl (C=O) groups is 1. The molecule has 156 valence electrons. The van der Waals surface area contributed by atoms with Crippen LogP contribution in [0.2, 0.25) is 5.02 Å². The molecule has 0 saturated carbocycles. The molecule has 0 fully saturated rings. The van der Waals surface area contributed by atoms with Crippen LogP contribution >= 0.6 is 11.6 Å². The largest absolute Gasteiger partial charge is 0.352 e. The number of sulfonamides is 1. The fraction of sp³-hybridized carbons (Fsp3) is 0.136. The SMILES string of the molecule is CN(c1ccc(C(=O)NCCc2ccc(F)cc2)cc1)S(=O)(=O)c1ccc(Cl)cc1. The molecule has 1 amide bonds. The summed E-state index contributed by atoms with van der Waals surface area (Å²) >= 11 is 5.82. The van der Waals surface area contributed by atoms with Crippen molar-refractivity contribution in [2.75, 3.05) is 17.9 Å². The number of anilines is 1. The fourth-order valence-corrected chi connectivity index (χ4v) is 4.12. The average molecular weight is 447 g/mol. The number of nitrogens with zero attached hydrogens (tertiary/aromatic N) is 1. The van der Waals surface area contributed by atoms with Crippen molar-refractivity contribution in [3.8, 4) is 0 Å². The molecular formula is C22H20ClFN2O3S. The van der Waals surface area contributed by atoms with E-state index in [1.54, 1.807) is 36.4 Å². The lowest BCUT2D eigenvalue weighted by Crippen LogP contribution is -2.27. The van der Waals surface area contributed by atoms with Gasteiger partial charge in [0.15, 0.2) is 0 Å². The number of rotatable bonds is 7. The molecule has 3 rings (SSSR count). The van der Waals surface area contributed by atoms with E-state index < -0.39 is 10.0 Å². The lowest BCUT2D eigenvalue weighted by atomic mass is 10.1. The maximum Gasteiger partial charge on any atom is 0.264 e. The molecule has 0 bridgehead atoms. The first-order valence-electron chi connectivity index (χ1n) is 9.14. The highest BCUT2D eigenvalue weighted by Gasteiger charge is 2.21. The van der Waals surface area contributed by atoms with Crippen molar-refractivity contribution in [3.63, 3.8) is 0 Å². The van der Waals surface area contributed by atoms with Crippen molar-refractivity contribution in [2.45, 2.75) is 11.3 Å². The van der Waals surface area contributed by atoms with Gasteiger partial charge in [-0.1, -0.05) is 23.7 Å². The highest BCUT2D eigenvalue weighted by Crippen LogP contribution is 2.23. The molecule has 0 aliphatic rings. The zero-order chi connectivity index (χ0) is 21.7. The Balaban J connectivity index is 1.62. The van der Waals surface area contributed by atoms with E-state index in [2.05, 4.69) is 5.32 Å². The Labute approximate surface area is 180 Å². The van der Waals surface area contributed by atoms with Gasteiger partial charge in [-0.15, -0.1) is 0 Å². The van der Waals surface area contributed by atoms with Crippen LogP contribution < -0.4 is 9.62 Å². The van der Waals surface area contributed by atoms with Gasteiger partial charge in [0.2, 0.25) is 0 Å². The fourth-order valence-electron chi connectivity index (χ4n) is 2.80. The minimum absolute atomic E-state index is 0.122. The van der Waals surface area contributed by atoms with E-state index in [0.29, 0.717) is 29.2 Å². The van der Waals surface area contributed by atoms with Crippen molar-refractivity contribution >= 4 is 33.2 Å². The van der Waals surface area contributed by atoms with Crippen LogP contribution in [0, 0.1) is 5.82 Å². The number of benzene rings is 3. The molecule has 8 heteroatoms. The average Bonchev–Trinajstić information content (AvgIpc) is 2.75. The minimum atomic E-state index is -3.74.